The van der Waals surface area contributed by atoms with Crippen LogP contribution in [0.5, 0.6) is 0 Å². The third-order valence-corrected chi connectivity index (χ3v) is 4.14. The molecule has 0 fully saturated rings. The molecule has 0 saturated carbocycles. The number of halogens is 2. The van der Waals surface area contributed by atoms with E-state index in [1.165, 1.54) is 0 Å². The molecule has 0 saturated heterocycles. The summed E-state index contributed by atoms with van der Waals surface area (Å²) in [5.74, 6) is 0.965. The maximum absolute atomic E-state index is 6.08. The zero-order chi connectivity index (χ0) is 12.8. The van der Waals surface area contributed by atoms with Crippen molar-refractivity contribution >= 4 is 40.7 Å². The van der Waals surface area contributed by atoms with E-state index >= 15 is 0 Å². The molecule has 1 nitrogen and oxygen atoms in total. The van der Waals surface area contributed by atoms with Gasteiger partial charge in [-0.2, -0.15) is 0 Å². The topological polar surface area (TPSA) is 12.0 Å². The van der Waals surface area contributed by atoms with Gasteiger partial charge in [0.05, 0.1) is 5.02 Å². The van der Waals surface area contributed by atoms with Crippen molar-refractivity contribution in [3.05, 3.63) is 58.6 Å². The zero-order valence-electron chi connectivity index (χ0n) is 9.70. The quantitative estimate of drug-likeness (QED) is 0.601. The van der Waals surface area contributed by atoms with Crippen LogP contribution in [0.1, 0.15) is 0 Å². The number of hydrogen-bond donors (Lipinski definition) is 1. The Morgan fingerprint density at radius 2 is 1.67 bits per heavy atom. The van der Waals surface area contributed by atoms with Crippen molar-refractivity contribution in [3.8, 4) is 0 Å². The zero-order valence-corrected chi connectivity index (χ0v) is 12.0. The smallest absolute Gasteiger partial charge is 0.0541 e. The van der Waals surface area contributed by atoms with Gasteiger partial charge in [-0.15, -0.1) is 11.8 Å². The molecule has 0 aliphatic heterocycles. The predicted octanol–water partition coefficient (Wildman–Crippen LogP) is 5.20. The minimum Gasteiger partial charge on any atom is -0.384 e. The molecule has 0 unspecified atom stereocenters. The van der Waals surface area contributed by atoms with E-state index in [0.717, 1.165) is 32.9 Å². The van der Waals surface area contributed by atoms with Crippen LogP contribution < -0.4 is 5.32 Å². The molecule has 0 heterocycles. The van der Waals surface area contributed by atoms with Crippen molar-refractivity contribution in [1.29, 1.82) is 0 Å². The maximum atomic E-state index is 6.08. The molecule has 0 atom stereocenters. The summed E-state index contributed by atoms with van der Waals surface area (Å²) in [4.78, 5) is 1.12. The number of thioether (sulfide) groups is 1. The van der Waals surface area contributed by atoms with Gasteiger partial charge in [0.1, 0.15) is 0 Å². The standard InChI is InChI=1S/C14H13Cl2NS/c15-11-5-7-12(8-6-11)17-9-10-18-14-4-2-1-3-13(14)16/h1-8,17H,9-10H2. The maximum Gasteiger partial charge on any atom is 0.0541 e. The second-order valence-corrected chi connectivity index (χ2v) is 5.69. The summed E-state index contributed by atoms with van der Waals surface area (Å²) in [7, 11) is 0. The van der Waals surface area contributed by atoms with Crippen LogP contribution in [0.4, 0.5) is 5.69 Å². The van der Waals surface area contributed by atoms with E-state index in [1.54, 1.807) is 11.8 Å². The summed E-state index contributed by atoms with van der Waals surface area (Å²) in [5, 5.41) is 4.91. The molecule has 0 aromatic heterocycles. The van der Waals surface area contributed by atoms with Gasteiger partial charge in [0.2, 0.25) is 0 Å². The van der Waals surface area contributed by atoms with E-state index in [0.29, 0.717) is 0 Å². The lowest BCUT2D eigenvalue weighted by Gasteiger charge is -2.07. The summed E-state index contributed by atoms with van der Waals surface area (Å²) < 4.78 is 0. The number of rotatable bonds is 5. The van der Waals surface area contributed by atoms with Crippen LogP contribution in [0.2, 0.25) is 10.0 Å². The molecule has 2 aromatic carbocycles. The van der Waals surface area contributed by atoms with Crippen LogP contribution in [0, 0.1) is 0 Å². The summed E-state index contributed by atoms with van der Waals surface area (Å²) in [5.41, 5.74) is 1.08. The molecule has 1 N–H and O–H groups in total. The fourth-order valence-corrected chi connectivity index (χ4v) is 2.72. The van der Waals surface area contributed by atoms with Crippen LogP contribution in [-0.2, 0) is 0 Å². The number of hydrogen-bond acceptors (Lipinski definition) is 2. The third kappa shape index (κ3) is 4.13. The summed E-state index contributed by atoms with van der Waals surface area (Å²) >= 11 is 13.7. The van der Waals surface area contributed by atoms with Crippen molar-refractivity contribution < 1.29 is 0 Å². The summed E-state index contributed by atoms with van der Waals surface area (Å²) in [6.07, 6.45) is 0. The van der Waals surface area contributed by atoms with Crippen molar-refractivity contribution in [3.63, 3.8) is 0 Å². The van der Waals surface area contributed by atoms with Crippen LogP contribution >= 0.6 is 35.0 Å². The molecular formula is C14H13Cl2NS. The van der Waals surface area contributed by atoms with E-state index in [4.69, 9.17) is 23.2 Å². The molecule has 0 aliphatic rings. The fraction of sp³-hybridized carbons (Fsp3) is 0.143. The van der Waals surface area contributed by atoms with Crippen molar-refractivity contribution in [1.82, 2.24) is 0 Å². The second kappa shape index (κ2) is 6.93. The Labute approximate surface area is 121 Å². The molecule has 18 heavy (non-hydrogen) atoms. The first kappa shape index (κ1) is 13.6. The first-order chi connectivity index (χ1) is 8.75. The molecule has 0 spiro atoms. The molecule has 0 aliphatic carbocycles. The fourth-order valence-electron chi connectivity index (χ4n) is 1.49. The van der Waals surface area contributed by atoms with Gasteiger partial charge >= 0.3 is 0 Å². The average molecular weight is 298 g/mol. The Kier molecular flexibility index (Phi) is 5.24. The lowest BCUT2D eigenvalue weighted by Crippen LogP contribution is -2.03. The first-order valence-corrected chi connectivity index (χ1v) is 7.36. The van der Waals surface area contributed by atoms with E-state index < -0.39 is 0 Å². The average Bonchev–Trinajstić information content (AvgIpc) is 2.39. The van der Waals surface area contributed by atoms with Gasteiger partial charge < -0.3 is 5.32 Å². The Morgan fingerprint density at radius 1 is 0.944 bits per heavy atom. The highest BCUT2D eigenvalue weighted by atomic mass is 35.5. The summed E-state index contributed by atoms with van der Waals surface area (Å²) in [6, 6.07) is 15.6. The van der Waals surface area contributed by atoms with Gasteiger partial charge in [0.25, 0.3) is 0 Å². The van der Waals surface area contributed by atoms with Gasteiger partial charge in [-0.1, -0.05) is 35.3 Å². The molecule has 0 radical (unpaired) electrons. The van der Waals surface area contributed by atoms with Gasteiger partial charge in [-0.3, -0.25) is 0 Å². The molecule has 0 bridgehead atoms. The predicted molar refractivity (Wildman–Crippen MR) is 82.1 cm³/mol. The van der Waals surface area contributed by atoms with Gasteiger partial charge in [0, 0.05) is 27.9 Å². The first-order valence-electron chi connectivity index (χ1n) is 5.62. The van der Waals surface area contributed by atoms with E-state index in [1.807, 2.05) is 48.5 Å². The lowest BCUT2D eigenvalue weighted by atomic mass is 10.3. The third-order valence-electron chi connectivity index (χ3n) is 2.37. The second-order valence-electron chi connectivity index (χ2n) is 3.71. The van der Waals surface area contributed by atoms with Crippen molar-refractivity contribution in [2.75, 3.05) is 17.6 Å². The Bertz CT molecular complexity index is 499. The molecule has 94 valence electrons. The van der Waals surface area contributed by atoms with Gasteiger partial charge in [-0.25, -0.2) is 0 Å². The van der Waals surface area contributed by atoms with Gasteiger partial charge in [-0.05, 0) is 36.4 Å². The van der Waals surface area contributed by atoms with Crippen LogP contribution in [-0.4, -0.2) is 12.3 Å². The Hall–Kier alpha value is -0.830. The minimum absolute atomic E-state index is 0.756. The molecule has 2 rings (SSSR count). The SMILES string of the molecule is Clc1ccc(NCCSc2ccccc2Cl)cc1. The normalized spacial score (nSPS) is 10.3. The molecule has 0 amide bonds. The van der Waals surface area contributed by atoms with Crippen molar-refractivity contribution in [2.24, 2.45) is 0 Å². The largest absolute Gasteiger partial charge is 0.384 e. The van der Waals surface area contributed by atoms with Crippen molar-refractivity contribution in [2.45, 2.75) is 4.90 Å². The minimum atomic E-state index is 0.756. The van der Waals surface area contributed by atoms with E-state index in [-0.39, 0.29) is 0 Å². The molecule has 4 heteroatoms. The van der Waals surface area contributed by atoms with E-state index in [2.05, 4.69) is 5.32 Å². The summed E-state index contributed by atoms with van der Waals surface area (Å²) in [6.45, 7) is 0.886. The monoisotopic (exact) mass is 297 g/mol. The van der Waals surface area contributed by atoms with Crippen LogP contribution in [0.15, 0.2) is 53.4 Å². The van der Waals surface area contributed by atoms with E-state index in [9.17, 15) is 0 Å². The Balaban J connectivity index is 1.76. The number of benzene rings is 2. The lowest BCUT2D eigenvalue weighted by molar-refractivity contribution is 1.22. The molecular weight excluding hydrogens is 285 g/mol. The Morgan fingerprint density at radius 3 is 2.39 bits per heavy atom. The van der Waals surface area contributed by atoms with Crippen LogP contribution in [0.3, 0.4) is 0 Å². The highest BCUT2D eigenvalue weighted by Crippen LogP contribution is 2.26. The van der Waals surface area contributed by atoms with Crippen LogP contribution in [0.25, 0.3) is 0 Å². The number of nitrogens with one attached hydrogen (secondary N) is 1. The number of anilines is 1. The highest BCUT2D eigenvalue weighted by Gasteiger charge is 1.99. The van der Waals surface area contributed by atoms with Gasteiger partial charge in [0.15, 0.2) is 0 Å². The molecule has 2 aromatic rings. The highest BCUT2D eigenvalue weighted by molar-refractivity contribution is 7.99.